The molecule has 0 unspecified atom stereocenters. The van der Waals surface area contributed by atoms with Crippen molar-refractivity contribution in [2.75, 3.05) is 18.9 Å². The average molecular weight is 298 g/mol. The monoisotopic (exact) mass is 298 g/mol. The molecule has 0 aliphatic carbocycles. The molecule has 3 heterocycles. The number of hydrogen-bond acceptors (Lipinski definition) is 7. The fraction of sp³-hybridized carbons (Fsp3) is 0.286. The van der Waals surface area contributed by atoms with Crippen LogP contribution in [0.4, 0.5) is 5.95 Å². The molecule has 0 radical (unpaired) electrons. The lowest BCUT2D eigenvalue weighted by Crippen LogP contribution is -2.46. The van der Waals surface area contributed by atoms with Crippen molar-refractivity contribution in [1.29, 1.82) is 0 Å². The first-order chi connectivity index (χ1) is 10.6. The molecule has 8 heteroatoms. The Hall–Kier alpha value is -2.58. The van der Waals surface area contributed by atoms with E-state index in [9.17, 15) is 5.11 Å². The van der Waals surface area contributed by atoms with Gasteiger partial charge in [0.05, 0.1) is 24.2 Å². The second-order valence-corrected chi connectivity index (χ2v) is 5.37. The van der Waals surface area contributed by atoms with Gasteiger partial charge in [-0.3, -0.25) is 4.57 Å². The van der Waals surface area contributed by atoms with Gasteiger partial charge in [0, 0.05) is 0 Å². The van der Waals surface area contributed by atoms with Crippen LogP contribution in [0.25, 0.3) is 17.0 Å². The van der Waals surface area contributed by atoms with Crippen molar-refractivity contribution in [3.8, 4) is 5.95 Å². The summed E-state index contributed by atoms with van der Waals surface area (Å²) in [6, 6.07) is 5.62. The number of imidazole rings is 1. The number of aliphatic hydroxyl groups is 1. The van der Waals surface area contributed by atoms with E-state index in [-0.39, 0.29) is 5.95 Å². The Morgan fingerprint density at radius 2 is 2.09 bits per heavy atom. The minimum absolute atomic E-state index is 0.147. The highest BCUT2D eigenvalue weighted by Gasteiger charge is 2.38. The first-order valence-corrected chi connectivity index (χ1v) is 6.81. The van der Waals surface area contributed by atoms with Crippen molar-refractivity contribution in [2.24, 2.45) is 0 Å². The summed E-state index contributed by atoms with van der Waals surface area (Å²) in [7, 11) is 0. The third kappa shape index (κ3) is 1.85. The maximum atomic E-state index is 10.4. The predicted octanol–water partition coefficient (Wildman–Crippen LogP) is 0.319. The van der Waals surface area contributed by atoms with E-state index in [0.717, 1.165) is 22.4 Å². The molecule has 2 aromatic heterocycles. The topological polar surface area (TPSA) is 112 Å². The molecule has 0 saturated carbocycles. The number of hydrogen-bond donors (Lipinski definition) is 2. The van der Waals surface area contributed by atoms with E-state index in [1.165, 1.54) is 6.33 Å². The highest BCUT2D eigenvalue weighted by Crippen LogP contribution is 2.32. The maximum absolute atomic E-state index is 10.4. The quantitative estimate of drug-likeness (QED) is 0.700. The second-order valence-electron chi connectivity index (χ2n) is 5.37. The third-order valence-electron chi connectivity index (χ3n) is 3.82. The number of nitrogens with zero attached hydrogens (tertiary/aromatic N) is 5. The van der Waals surface area contributed by atoms with E-state index in [4.69, 9.17) is 10.5 Å². The van der Waals surface area contributed by atoms with Crippen LogP contribution >= 0.6 is 0 Å². The van der Waals surface area contributed by atoms with Crippen LogP contribution in [0.15, 0.2) is 24.5 Å². The Labute approximate surface area is 125 Å². The van der Waals surface area contributed by atoms with E-state index < -0.39 is 5.60 Å². The molecule has 1 aliphatic heterocycles. The maximum Gasteiger partial charge on any atom is 0.240 e. The largest absolute Gasteiger partial charge is 0.380 e. The first kappa shape index (κ1) is 13.1. The lowest BCUT2D eigenvalue weighted by molar-refractivity contribution is -0.184. The Bertz CT molecular complexity index is 871. The number of rotatable bonds is 2. The molecule has 4 rings (SSSR count). The minimum Gasteiger partial charge on any atom is -0.380 e. The Balaban J connectivity index is 1.94. The van der Waals surface area contributed by atoms with Crippen molar-refractivity contribution >= 4 is 17.0 Å². The smallest absolute Gasteiger partial charge is 0.240 e. The number of anilines is 1. The van der Waals surface area contributed by atoms with Crippen LogP contribution in [0.1, 0.15) is 11.4 Å². The molecule has 3 aromatic rings. The number of nitrogen functional groups attached to an aromatic ring is 1. The van der Waals surface area contributed by atoms with E-state index in [2.05, 4.69) is 19.9 Å². The lowest BCUT2D eigenvalue weighted by atomic mass is 9.92. The molecule has 1 fully saturated rings. The Morgan fingerprint density at radius 1 is 1.27 bits per heavy atom. The SMILES string of the molecule is Cc1nc2ccc(C3(O)COC3)cc2n1-c1ncnc(N)n1. The number of aryl methyl sites for hydroxylation is 1. The van der Waals surface area contributed by atoms with Crippen LogP contribution < -0.4 is 5.73 Å². The summed E-state index contributed by atoms with van der Waals surface area (Å²) in [5.74, 6) is 1.28. The summed E-state index contributed by atoms with van der Waals surface area (Å²) in [4.78, 5) is 16.6. The van der Waals surface area contributed by atoms with Gasteiger partial charge < -0.3 is 15.6 Å². The van der Waals surface area contributed by atoms with Gasteiger partial charge in [-0.1, -0.05) is 6.07 Å². The Morgan fingerprint density at radius 3 is 2.77 bits per heavy atom. The van der Waals surface area contributed by atoms with Crippen molar-refractivity contribution in [3.05, 3.63) is 35.9 Å². The number of fused-ring (bicyclic) bond motifs is 1. The van der Waals surface area contributed by atoms with Crippen LogP contribution in [0.3, 0.4) is 0 Å². The molecule has 3 N–H and O–H groups in total. The number of ether oxygens (including phenoxy) is 1. The minimum atomic E-state index is -0.935. The van der Waals surface area contributed by atoms with E-state index in [0.29, 0.717) is 19.2 Å². The van der Waals surface area contributed by atoms with Crippen LogP contribution in [0, 0.1) is 6.92 Å². The molecule has 0 atom stereocenters. The van der Waals surface area contributed by atoms with Crippen molar-refractivity contribution in [3.63, 3.8) is 0 Å². The van der Waals surface area contributed by atoms with Gasteiger partial charge in [-0.2, -0.15) is 4.98 Å². The molecule has 112 valence electrons. The molecule has 1 aromatic carbocycles. The van der Waals surface area contributed by atoms with Crippen molar-refractivity contribution in [1.82, 2.24) is 24.5 Å². The molecular formula is C14H14N6O2. The van der Waals surface area contributed by atoms with Gasteiger partial charge in [-0.05, 0) is 24.6 Å². The van der Waals surface area contributed by atoms with E-state index in [1.54, 1.807) is 4.57 Å². The standard InChI is InChI=1S/C14H14N6O2/c1-8-18-10-3-2-9(14(21)5-22-6-14)4-11(10)20(8)13-17-7-16-12(15)19-13/h2-4,7,21H,5-6H2,1H3,(H2,15,16,17,19). The second kappa shape index (κ2) is 4.46. The zero-order chi connectivity index (χ0) is 15.3. The molecule has 1 aliphatic rings. The van der Waals surface area contributed by atoms with Gasteiger partial charge in [0.25, 0.3) is 0 Å². The number of aromatic nitrogens is 5. The average Bonchev–Trinajstić information content (AvgIpc) is 2.79. The zero-order valence-corrected chi connectivity index (χ0v) is 11.9. The van der Waals surface area contributed by atoms with Gasteiger partial charge in [0.15, 0.2) is 0 Å². The molecule has 22 heavy (non-hydrogen) atoms. The number of benzene rings is 1. The van der Waals surface area contributed by atoms with Crippen molar-refractivity contribution in [2.45, 2.75) is 12.5 Å². The van der Waals surface area contributed by atoms with Gasteiger partial charge in [-0.25, -0.2) is 15.0 Å². The fourth-order valence-electron chi connectivity index (χ4n) is 2.61. The first-order valence-electron chi connectivity index (χ1n) is 6.81. The predicted molar refractivity (Wildman–Crippen MR) is 78.3 cm³/mol. The molecule has 0 amide bonds. The van der Waals surface area contributed by atoms with Gasteiger partial charge in [0.1, 0.15) is 17.8 Å². The normalized spacial score (nSPS) is 16.6. The lowest BCUT2D eigenvalue weighted by Gasteiger charge is -2.36. The molecule has 8 nitrogen and oxygen atoms in total. The summed E-state index contributed by atoms with van der Waals surface area (Å²) in [5, 5.41) is 10.4. The summed E-state index contributed by atoms with van der Waals surface area (Å²) >= 11 is 0. The zero-order valence-electron chi connectivity index (χ0n) is 11.9. The van der Waals surface area contributed by atoms with E-state index in [1.807, 2.05) is 25.1 Å². The highest BCUT2D eigenvalue weighted by molar-refractivity contribution is 5.78. The molecule has 1 saturated heterocycles. The number of nitrogens with two attached hydrogens (primary N) is 1. The van der Waals surface area contributed by atoms with Crippen LogP contribution in [-0.2, 0) is 10.3 Å². The molecule has 0 bridgehead atoms. The summed E-state index contributed by atoms with van der Waals surface area (Å²) in [6.07, 6.45) is 1.36. The summed E-state index contributed by atoms with van der Waals surface area (Å²) in [6.45, 7) is 2.45. The van der Waals surface area contributed by atoms with Crippen LogP contribution in [-0.4, -0.2) is 42.8 Å². The van der Waals surface area contributed by atoms with E-state index >= 15 is 0 Å². The summed E-state index contributed by atoms with van der Waals surface area (Å²) < 4.78 is 6.91. The van der Waals surface area contributed by atoms with Crippen LogP contribution in [0.2, 0.25) is 0 Å². The third-order valence-corrected chi connectivity index (χ3v) is 3.82. The van der Waals surface area contributed by atoms with Gasteiger partial charge in [0.2, 0.25) is 11.9 Å². The molecular weight excluding hydrogens is 284 g/mol. The van der Waals surface area contributed by atoms with Gasteiger partial charge in [-0.15, -0.1) is 0 Å². The summed E-state index contributed by atoms with van der Waals surface area (Å²) in [5.41, 5.74) is 7.09. The molecule has 0 spiro atoms. The highest BCUT2D eigenvalue weighted by atomic mass is 16.5. The Kier molecular flexibility index (Phi) is 2.65. The fourth-order valence-corrected chi connectivity index (χ4v) is 2.61. The van der Waals surface area contributed by atoms with Gasteiger partial charge >= 0.3 is 0 Å². The van der Waals surface area contributed by atoms with Crippen LogP contribution in [0.5, 0.6) is 0 Å². The van der Waals surface area contributed by atoms with Crippen molar-refractivity contribution < 1.29 is 9.84 Å².